The molecule has 410 valence electrons. The van der Waals surface area contributed by atoms with Crippen LogP contribution in [0.1, 0.15) is 201 Å². The van der Waals surface area contributed by atoms with E-state index in [0.29, 0.717) is 12.8 Å². The molecule has 1 amide bonds. The normalized spacial score (nSPS) is 20.4. The van der Waals surface area contributed by atoms with E-state index in [1.807, 2.05) is 60.8 Å². The molecule has 0 aromatic carbocycles. The minimum atomic E-state index is -1.64. The van der Waals surface area contributed by atoms with Crippen molar-refractivity contribution in [2.75, 3.05) is 13.2 Å². The maximum Gasteiger partial charge on any atom is 0.306 e. The molecule has 6 N–H and O–H groups in total. The highest BCUT2D eigenvalue weighted by Gasteiger charge is 2.47. The molecular formula is C61H101NO10. The van der Waals surface area contributed by atoms with Gasteiger partial charge in [-0.05, 0) is 77.0 Å². The number of aliphatic hydroxyl groups excluding tert-OH is 5. The van der Waals surface area contributed by atoms with E-state index in [2.05, 4.69) is 68.6 Å². The van der Waals surface area contributed by atoms with Crippen LogP contribution < -0.4 is 5.32 Å². The molecule has 1 aliphatic heterocycles. The van der Waals surface area contributed by atoms with Crippen LogP contribution in [0.25, 0.3) is 0 Å². The SMILES string of the molecule is CC/C=C/C=C/C=C\C=C/C=C/CCC(O)C(=O)NC(COC1OC(CO)C(O)C(O)C1OC(=O)CCCCCCCC/C=C\C/C=C\C/C=C\CCCCC)C(O)/C=C/CCCCCCCCCCCC. The van der Waals surface area contributed by atoms with Crippen molar-refractivity contribution >= 4 is 11.9 Å². The molecule has 0 aromatic heterocycles. The fourth-order valence-electron chi connectivity index (χ4n) is 8.04. The Kier molecular flexibility index (Phi) is 44.5. The number of hydrogen-bond donors (Lipinski definition) is 6. The minimum Gasteiger partial charge on any atom is -0.454 e. The van der Waals surface area contributed by atoms with E-state index in [-0.39, 0.29) is 19.4 Å². The summed E-state index contributed by atoms with van der Waals surface area (Å²) < 4.78 is 17.5. The topological polar surface area (TPSA) is 175 Å². The molecule has 1 saturated heterocycles. The molecule has 0 bridgehead atoms. The fraction of sp³-hybridized carbons (Fsp3) is 0.672. The number of allylic oxidation sites excluding steroid dienone is 17. The lowest BCUT2D eigenvalue weighted by molar-refractivity contribution is -0.305. The van der Waals surface area contributed by atoms with E-state index in [1.54, 1.807) is 6.08 Å². The molecule has 0 aliphatic carbocycles. The van der Waals surface area contributed by atoms with Gasteiger partial charge in [0.15, 0.2) is 12.4 Å². The van der Waals surface area contributed by atoms with Crippen molar-refractivity contribution in [2.45, 2.75) is 250 Å². The summed E-state index contributed by atoms with van der Waals surface area (Å²) in [5.74, 6) is -1.30. The third-order valence-corrected chi connectivity index (χ3v) is 12.5. The summed E-state index contributed by atoms with van der Waals surface area (Å²) in [6, 6.07) is -1.07. The maximum absolute atomic E-state index is 13.3. The van der Waals surface area contributed by atoms with Gasteiger partial charge in [-0.15, -0.1) is 0 Å². The summed E-state index contributed by atoms with van der Waals surface area (Å²) in [7, 11) is 0. The van der Waals surface area contributed by atoms with Gasteiger partial charge >= 0.3 is 5.97 Å². The predicted molar refractivity (Wildman–Crippen MR) is 296 cm³/mol. The van der Waals surface area contributed by atoms with Gasteiger partial charge in [0.1, 0.15) is 24.4 Å². The van der Waals surface area contributed by atoms with Crippen molar-refractivity contribution < 1.29 is 49.3 Å². The monoisotopic (exact) mass is 1010 g/mol. The Labute approximate surface area is 437 Å². The average molecular weight is 1010 g/mol. The Bertz CT molecular complexity index is 1580. The van der Waals surface area contributed by atoms with Crippen LogP contribution in [0.3, 0.4) is 0 Å². The summed E-state index contributed by atoms with van der Waals surface area (Å²) >= 11 is 0. The first-order chi connectivity index (χ1) is 35.2. The molecule has 0 radical (unpaired) electrons. The average Bonchev–Trinajstić information content (AvgIpc) is 3.38. The second-order valence-electron chi connectivity index (χ2n) is 19.1. The molecule has 0 saturated carbocycles. The number of carbonyl (C=O) groups excluding carboxylic acids is 2. The zero-order valence-corrected chi connectivity index (χ0v) is 45.0. The van der Waals surface area contributed by atoms with Crippen LogP contribution in [0.5, 0.6) is 0 Å². The maximum atomic E-state index is 13.3. The Morgan fingerprint density at radius 2 is 1.06 bits per heavy atom. The summed E-state index contributed by atoms with van der Waals surface area (Å²) in [4.78, 5) is 26.4. The van der Waals surface area contributed by atoms with Crippen LogP contribution in [0.15, 0.2) is 109 Å². The Morgan fingerprint density at radius 1 is 0.569 bits per heavy atom. The second kappa shape index (κ2) is 48.3. The quantitative estimate of drug-likeness (QED) is 0.0149. The molecular weight excluding hydrogens is 907 g/mol. The number of unbranched alkanes of at least 4 members (excludes halogenated alkanes) is 19. The Morgan fingerprint density at radius 3 is 1.62 bits per heavy atom. The van der Waals surface area contributed by atoms with Gasteiger partial charge in [0.25, 0.3) is 0 Å². The summed E-state index contributed by atoms with van der Waals surface area (Å²) in [6.07, 6.45) is 54.3. The van der Waals surface area contributed by atoms with Crippen molar-refractivity contribution in [3.05, 3.63) is 109 Å². The van der Waals surface area contributed by atoms with E-state index in [9.17, 15) is 35.1 Å². The molecule has 1 heterocycles. The zero-order valence-electron chi connectivity index (χ0n) is 45.0. The molecule has 0 aromatic rings. The number of esters is 1. The second-order valence-corrected chi connectivity index (χ2v) is 19.1. The van der Waals surface area contributed by atoms with Crippen LogP contribution in [0.4, 0.5) is 0 Å². The Hall–Kier alpha value is -3.68. The van der Waals surface area contributed by atoms with E-state index in [1.165, 1.54) is 70.6 Å². The van der Waals surface area contributed by atoms with Crippen molar-refractivity contribution in [2.24, 2.45) is 0 Å². The number of rotatable bonds is 45. The van der Waals surface area contributed by atoms with Crippen LogP contribution in [-0.2, 0) is 23.8 Å². The number of carbonyl (C=O) groups is 2. The highest BCUT2D eigenvalue weighted by Crippen LogP contribution is 2.26. The van der Waals surface area contributed by atoms with Crippen LogP contribution in [0.2, 0.25) is 0 Å². The largest absolute Gasteiger partial charge is 0.454 e. The van der Waals surface area contributed by atoms with E-state index in [0.717, 1.165) is 83.5 Å². The first-order valence-electron chi connectivity index (χ1n) is 28.2. The predicted octanol–water partition coefficient (Wildman–Crippen LogP) is 12.5. The fourth-order valence-corrected chi connectivity index (χ4v) is 8.04. The van der Waals surface area contributed by atoms with Crippen LogP contribution in [0, 0.1) is 0 Å². The standard InChI is InChI=1S/C61H101NO10/c1-4-7-10-13-16-19-22-25-26-27-28-29-30-31-34-37-40-43-46-49-56(66)72-59-58(68)57(67)55(50-63)71-61(59)70-51-52(53(64)47-44-41-38-35-32-23-20-17-14-11-8-5-2)62-60(69)54(65)48-45-42-39-36-33-24-21-18-15-12-9-6-3/h9,12,15-16,18-19,21,24-26,28-29,33,36,39,42,44,47,52-55,57-59,61,63-65,67-68H,4-8,10-11,13-14,17,20,22-23,27,30-32,34-35,37-38,40-41,43,45-46,48-51H2,1-3H3,(H,62,69)/b12-9+,18-15+,19-16-,24-21-,26-25-,29-28-,36-33-,42-39+,47-44+. The van der Waals surface area contributed by atoms with E-state index < -0.39 is 67.4 Å². The van der Waals surface area contributed by atoms with Gasteiger partial charge in [0.05, 0.1) is 25.4 Å². The molecule has 1 aliphatic rings. The summed E-state index contributed by atoms with van der Waals surface area (Å²) in [5, 5.41) is 56.6. The molecule has 1 fully saturated rings. The molecule has 11 nitrogen and oxygen atoms in total. The van der Waals surface area contributed by atoms with Gasteiger partial charge < -0.3 is 45.1 Å². The molecule has 0 spiro atoms. The molecule has 8 unspecified atom stereocenters. The Balaban J connectivity index is 2.77. The smallest absolute Gasteiger partial charge is 0.306 e. The van der Waals surface area contributed by atoms with E-state index in [4.69, 9.17) is 14.2 Å². The van der Waals surface area contributed by atoms with Gasteiger partial charge in [-0.2, -0.15) is 0 Å². The number of amides is 1. The minimum absolute atomic E-state index is 0.0941. The first-order valence-corrected chi connectivity index (χ1v) is 28.2. The molecule has 72 heavy (non-hydrogen) atoms. The number of ether oxygens (including phenoxy) is 3. The van der Waals surface area contributed by atoms with Crippen LogP contribution >= 0.6 is 0 Å². The molecule has 1 rings (SSSR count). The summed E-state index contributed by atoms with van der Waals surface area (Å²) in [5.41, 5.74) is 0. The lowest BCUT2D eigenvalue weighted by atomic mass is 9.99. The van der Waals surface area contributed by atoms with Crippen LogP contribution in [-0.4, -0.2) is 99.6 Å². The summed E-state index contributed by atoms with van der Waals surface area (Å²) in [6.45, 7) is 5.52. The third kappa shape index (κ3) is 36.3. The van der Waals surface area contributed by atoms with Crippen molar-refractivity contribution in [1.82, 2.24) is 5.32 Å². The molecule has 8 atom stereocenters. The van der Waals surface area contributed by atoms with Crippen molar-refractivity contribution in [3.63, 3.8) is 0 Å². The third-order valence-electron chi connectivity index (χ3n) is 12.5. The van der Waals surface area contributed by atoms with Gasteiger partial charge in [-0.25, -0.2) is 0 Å². The zero-order chi connectivity index (χ0) is 52.5. The molecule has 11 heteroatoms. The van der Waals surface area contributed by atoms with Crippen molar-refractivity contribution in [3.8, 4) is 0 Å². The highest BCUT2D eigenvalue weighted by molar-refractivity contribution is 5.80. The number of aliphatic hydroxyl groups is 5. The van der Waals surface area contributed by atoms with Gasteiger partial charge in [0.2, 0.25) is 5.91 Å². The van der Waals surface area contributed by atoms with Gasteiger partial charge in [-0.3, -0.25) is 9.59 Å². The highest BCUT2D eigenvalue weighted by atomic mass is 16.7. The van der Waals surface area contributed by atoms with Crippen molar-refractivity contribution in [1.29, 1.82) is 0 Å². The van der Waals surface area contributed by atoms with E-state index >= 15 is 0 Å². The van der Waals surface area contributed by atoms with Gasteiger partial charge in [0, 0.05) is 6.42 Å². The number of hydrogen-bond acceptors (Lipinski definition) is 10. The number of nitrogens with one attached hydrogen (secondary N) is 1. The lowest BCUT2D eigenvalue weighted by Gasteiger charge is -2.41. The first kappa shape index (κ1) is 66.3. The van der Waals surface area contributed by atoms with Gasteiger partial charge in [-0.1, -0.05) is 226 Å². The lowest BCUT2D eigenvalue weighted by Crippen LogP contribution is -2.61.